The summed E-state index contributed by atoms with van der Waals surface area (Å²) in [7, 11) is 0. The van der Waals surface area contributed by atoms with Crippen molar-refractivity contribution >= 4 is 27.2 Å². The van der Waals surface area contributed by atoms with Crippen LogP contribution in [0.5, 0.6) is 0 Å². The summed E-state index contributed by atoms with van der Waals surface area (Å²) in [6.45, 7) is 9.04. The minimum Gasteiger partial charge on any atom is -0.396 e. The Labute approximate surface area is 137 Å². The topological polar surface area (TPSA) is 62.7 Å². The first-order valence-electron chi connectivity index (χ1n) is 8.02. The van der Waals surface area contributed by atoms with E-state index < -0.39 is 0 Å². The molecule has 0 saturated carbocycles. The molecule has 0 aromatic carbocycles. The predicted molar refractivity (Wildman–Crippen MR) is 95.1 cm³/mol. The van der Waals surface area contributed by atoms with Crippen LogP contribution in [0, 0.1) is 16.7 Å². The molecule has 3 nitrogen and oxygen atoms in total. The number of thiophene rings is 1. The second-order valence-corrected chi connectivity index (χ2v) is 7.63. The lowest BCUT2D eigenvalue weighted by atomic mass is 9.84. The van der Waals surface area contributed by atoms with Crippen LogP contribution in [0.1, 0.15) is 63.1 Å². The Kier molecular flexibility index (Phi) is 5.08. The van der Waals surface area contributed by atoms with Crippen molar-refractivity contribution < 1.29 is 0 Å². The van der Waals surface area contributed by atoms with E-state index >= 15 is 0 Å². The Hall–Kier alpha value is -1.60. The Bertz CT molecular complexity index is 707. The van der Waals surface area contributed by atoms with E-state index in [1.807, 2.05) is 0 Å². The van der Waals surface area contributed by atoms with Crippen LogP contribution >= 0.6 is 11.3 Å². The molecule has 22 heavy (non-hydrogen) atoms. The fourth-order valence-corrected chi connectivity index (χ4v) is 3.53. The molecule has 118 valence electrons. The zero-order chi connectivity index (χ0) is 16.3. The number of hydrogen-bond acceptors (Lipinski definition) is 4. The second kappa shape index (κ2) is 6.66. The Morgan fingerprint density at radius 2 is 2.09 bits per heavy atom. The molecule has 0 unspecified atom stereocenters. The van der Waals surface area contributed by atoms with Crippen molar-refractivity contribution in [1.29, 1.82) is 5.26 Å². The third-order valence-corrected chi connectivity index (χ3v) is 5.62. The summed E-state index contributed by atoms with van der Waals surface area (Å²) >= 11 is 1.40. The fraction of sp³-hybridized carbons (Fsp3) is 0.556. The summed E-state index contributed by atoms with van der Waals surface area (Å²) in [4.78, 5) is 6.28. The van der Waals surface area contributed by atoms with Crippen LogP contribution in [0.4, 0.5) is 5.69 Å². The molecule has 2 aromatic rings. The van der Waals surface area contributed by atoms with E-state index in [0.29, 0.717) is 16.0 Å². The largest absolute Gasteiger partial charge is 0.396 e. The smallest absolute Gasteiger partial charge is 0.130 e. The lowest BCUT2D eigenvalue weighted by molar-refractivity contribution is 0.312. The van der Waals surface area contributed by atoms with Crippen molar-refractivity contribution in [3.63, 3.8) is 0 Å². The third-order valence-electron chi connectivity index (χ3n) is 4.60. The highest BCUT2D eigenvalue weighted by molar-refractivity contribution is 7.19. The first-order valence-corrected chi connectivity index (χ1v) is 8.84. The SMILES string of the molecule is CCc1cc2c(N)c(C#N)sc2nc1CCCC(C)(C)CC. The quantitative estimate of drug-likeness (QED) is 0.809. The van der Waals surface area contributed by atoms with Gasteiger partial charge in [0.05, 0.1) is 5.69 Å². The zero-order valence-corrected chi connectivity index (χ0v) is 14.8. The van der Waals surface area contributed by atoms with Gasteiger partial charge in [-0.05, 0) is 42.7 Å². The third kappa shape index (κ3) is 3.41. The summed E-state index contributed by atoms with van der Waals surface area (Å²) in [5.74, 6) is 0. The predicted octanol–water partition coefficient (Wildman–Crippen LogP) is 5.07. The molecule has 2 aromatic heterocycles. The van der Waals surface area contributed by atoms with Crippen LogP contribution < -0.4 is 5.73 Å². The molecule has 0 aliphatic heterocycles. The highest BCUT2D eigenvalue weighted by atomic mass is 32.1. The average Bonchev–Trinajstić information content (AvgIpc) is 2.82. The number of anilines is 1. The first-order chi connectivity index (χ1) is 10.4. The summed E-state index contributed by atoms with van der Waals surface area (Å²) in [5.41, 5.74) is 9.47. The number of aryl methyl sites for hydroxylation is 2. The molecule has 2 N–H and O–H groups in total. The van der Waals surface area contributed by atoms with Gasteiger partial charge in [0, 0.05) is 11.1 Å². The van der Waals surface area contributed by atoms with Crippen LogP contribution in [-0.4, -0.2) is 4.98 Å². The van der Waals surface area contributed by atoms with Crippen LogP contribution in [0.2, 0.25) is 0 Å². The molecule has 4 heteroatoms. The molecule has 0 bridgehead atoms. The van der Waals surface area contributed by atoms with Crippen molar-refractivity contribution in [3.8, 4) is 6.07 Å². The van der Waals surface area contributed by atoms with E-state index in [1.165, 1.54) is 35.4 Å². The summed E-state index contributed by atoms with van der Waals surface area (Å²) in [6.07, 6.45) is 5.52. The van der Waals surface area contributed by atoms with Gasteiger partial charge in [-0.2, -0.15) is 5.26 Å². The van der Waals surface area contributed by atoms with Crippen LogP contribution in [-0.2, 0) is 12.8 Å². The van der Waals surface area contributed by atoms with Gasteiger partial charge < -0.3 is 5.73 Å². The lowest BCUT2D eigenvalue weighted by Crippen LogP contribution is -2.10. The van der Waals surface area contributed by atoms with Crippen LogP contribution in [0.25, 0.3) is 10.2 Å². The van der Waals surface area contributed by atoms with E-state index in [1.54, 1.807) is 0 Å². The number of aromatic nitrogens is 1. The van der Waals surface area contributed by atoms with E-state index in [-0.39, 0.29) is 0 Å². The lowest BCUT2D eigenvalue weighted by Gasteiger charge is -2.22. The van der Waals surface area contributed by atoms with Crippen molar-refractivity contribution in [3.05, 3.63) is 22.2 Å². The minimum absolute atomic E-state index is 0.401. The highest BCUT2D eigenvalue weighted by Gasteiger charge is 2.17. The molecule has 0 aliphatic carbocycles. The Morgan fingerprint density at radius 1 is 1.36 bits per heavy atom. The molecule has 0 atom stereocenters. The molecule has 0 aliphatic rings. The van der Waals surface area contributed by atoms with Gasteiger partial charge in [-0.1, -0.05) is 34.1 Å². The standard InChI is InChI=1S/C18H25N3S/c1-5-12-10-13-16(20)15(11-19)22-17(13)21-14(12)8-7-9-18(3,4)6-2/h10H,5-9,20H2,1-4H3. The molecular formula is C18H25N3S. The zero-order valence-electron chi connectivity index (χ0n) is 14.0. The number of fused-ring (bicyclic) bond motifs is 1. The summed E-state index contributed by atoms with van der Waals surface area (Å²) < 4.78 is 0. The Morgan fingerprint density at radius 3 is 2.68 bits per heavy atom. The molecule has 2 rings (SSSR count). The maximum Gasteiger partial charge on any atom is 0.130 e. The normalized spacial score (nSPS) is 11.8. The van der Waals surface area contributed by atoms with E-state index in [4.69, 9.17) is 16.0 Å². The molecule has 0 saturated heterocycles. The number of nitriles is 1. The molecule has 0 amide bonds. The van der Waals surface area contributed by atoms with Gasteiger partial charge in [0.15, 0.2) is 0 Å². The highest BCUT2D eigenvalue weighted by Crippen LogP contribution is 2.34. The van der Waals surface area contributed by atoms with Gasteiger partial charge in [0.2, 0.25) is 0 Å². The molecule has 0 spiro atoms. The molecule has 2 heterocycles. The van der Waals surface area contributed by atoms with Gasteiger partial charge in [-0.3, -0.25) is 0 Å². The maximum atomic E-state index is 9.13. The van der Waals surface area contributed by atoms with Gasteiger partial charge in [-0.15, -0.1) is 11.3 Å². The van der Waals surface area contributed by atoms with Crippen molar-refractivity contribution in [2.75, 3.05) is 5.73 Å². The number of pyridine rings is 1. The minimum atomic E-state index is 0.401. The monoisotopic (exact) mass is 315 g/mol. The number of rotatable bonds is 6. The molecular weight excluding hydrogens is 290 g/mol. The summed E-state index contributed by atoms with van der Waals surface area (Å²) in [5, 5.41) is 10.1. The van der Waals surface area contributed by atoms with E-state index in [0.717, 1.165) is 29.5 Å². The van der Waals surface area contributed by atoms with Crippen molar-refractivity contribution in [2.45, 2.75) is 59.8 Å². The second-order valence-electron chi connectivity index (χ2n) is 6.63. The van der Waals surface area contributed by atoms with Crippen molar-refractivity contribution in [1.82, 2.24) is 4.98 Å². The van der Waals surface area contributed by atoms with Crippen LogP contribution in [0.3, 0.4) is 0 Å². The average molecular weight is 315 g/mol. The van der Waals surface area contributed by atoms with E-state index in [2.05, 4.69) is 39.8 Å². The molecule has 0 radical (unpaired) electrons. The maximum absolute atomic E-state index is 9.13. The number of nitrogens with zero attached hydrogens (tertiary/aromatic N) is 2. The number of nitrogens with two attached hydrogens (primary N) is 1. The Balaban J connectivity index is 2.28. The number of nitrogen functional groups attached to an aromatic ring is 1. The summed E-state index contributed by atoms with van der Waals surface area (Å²) in [6, 6.07) is 4.30. The van der Waals surface area contributed by atoms with Gasteiger partial charge in [0.25, 0.3) is 0 Å². The van der Waals surface area contributed by atoms with Gasteiger partial charge in [0.1, 0.15) is 15.8 Å². The van der Waals surface area contributed by atoms with Gasteiger partial charge >= 0.3 is 0 Å². The first kappa shape index (κ1) is 16.8. The van der Waals surface area contributed by atoms with Crippen LogP contribution in [0.15, 0.2) is 6.07 Å². The van der Waals surface area contributed by atoms with E-state index in [9.17, 15) is 0 Å². The number of hydrogen-bond donors (Lipinski definition) is 1. The van der Waals surface area contributed by atoms with Gasteiger partial charge in [-0.25, -0.2) is 4.98 Å². The molecule has 0 fully saturated rings. The van der Waals surface area contributed by atoms with Crippen molar-refractivity contribution in [2.24, 2.45) is 5.41 Å². The fourth-order valence-electron chi connectivity index (χ4n) is 2.64.